The molecule has 0 unspecified atom stereocenters. The van der Waals surface area contributed by atoms with E-state index in [1.54, 1.807) is 54.6 Å². The highest BCUT2D eigenvalue weighted by molar-refractivity contribution is 7.92. The Balaban J connectivity index is 1.70. The maximum Gasteiger partial charge on any atom is 0.264 e. The number of carbonyl (C=O) groups excluding carboxylic acids is 2. The van der Waals surface area contributed by atoms with Crippen LogP contribution in [0, 0.1) is 6.92 Å². The van der Waals surface area contributed by atoms with Gasteiger partial charge in [-0.25, -0.2) is 8.42 Å². The molecule has 0 aromatic heterocycles. The molecular formula is C32H37Cl2N3O4S. The molecule has 1 aliphatic carbocycles. The first kappa shape index (κ1) is 31.9. The van der Waals surface area contributed by atoms with Crippen LogP contribution >= 0.6 is 23.2 Å². The van der Waals surface area contributed by atoms with E-state index in [4.69, 9.17) is 23.2 Å². The second kappa shape index (κ2) is 14.4. The third-order valence-corrected chi connectivity index (χ3v) is 9.86. The highest BCUT2D eigenvalue weighted by atomic mass is 35.5. The summed E-state index contributed by atoms with van der Waals surface area (Å²) >= 11 is 12.3. The molecule has 3 aromatic carbocycles. The van der Waals surface area contributed by atoms with Crippen molar-refractivity contribution >= 4 is 50.7 Å². The number of hydrogen-bond donors (Lipinski definition) is 1. The second-order valence-corrected chi connectivity index (χ2v) is 13.5. The maximum absolute atomic E-state index is 14.2. The highest BCUT2D eigenvalue weighted by Crippen LogP contribution is 2.27. The van der Waals surface area contributed by atoms with Crippen LogP contribution in [0.25, 0.3) is 0 Å². The minimum atomic E-state index is -4.16. The zero-order chi connectivity index (χ0) is 30.3. The van der Waals surface area contributed by atoms with E-state index < -0.39 is 28.5 Å². The van der Waals surface area contributed by atoms with Gasteiger partial charge in [-0.05, 0) is 74.2 Å². The van der Waals surface area contributed by atoms with Crippen molar-refractivity contribution in [3.05, 3.63) is 94.0 Å². The monoisotopic (exact) mass is 629 g/mol. The summed E-state index contributed by atoms with van der Waals surface area (Å²) in [4.78, 5) is 29.3. The number of amides is 2. The van der Waals surface area contributed by atoms with Crippen LogP contribution in [0.4, 0.5) is 5.69 Å². The number of halogens is 2. The molecule has 3 aromatic rings. The van der Waals surface area contributed by atoms with E-state index >= 15 is 0 Å². The number of hydrogen-bond acceptors (Lipinski definition) is 4. The van der Waals surface area contributed by atoms with Crippen molar-refractivity contribution in [3.8, 4) is 0 Å². The average molecular weight is 631 g/mol. The van der Waals surface area contributed by atoms with Crippen LogP contribution in [0.15, 0.2) is 77.7 Å². The molecule has 224 valence electrons. The summed E-state index contributed by atoms with van der Waals surface area (Å²) in [6.07, 6.45) is 5.44. The van der Waals surface area contributed by atoms with Crippen LogP contribution in [-0.2, 0) is 26.2 Å². The van der Waals surface area contributed by atoms with E-state index in [2.05, 4.69) is 5.32 Å². The van der Waals surface area contributed by atoms with Crippen LogP contribution in [0.2, 0.25) is 10.0 Å². The summed E-state index contributed by atoms with van der Waals surface area (Å²) in [5.74, 6) is -0.742. The lowest BCUT2D eigenvalue weighted by Crippen LogP contribution is -2.54. The van der Waals surface area contributed by atoms with E-state index in [9.17, 15) is 18.0 Å². The number of sulfonamides is 1. The van der Waals surface area contributed by atoms with Gasteiger partial charge in [0, 0.05) is 22.6 Å². The third-order valence-electron chi connectivity index (χ3n) is 7.59. The third kappa shape index (κ3) is 8.06. The largest absolute Gasteiger partial charge is 0.352 e. The molecule has 1 aliphatic rings. The first-order valence-electron chi connectivity index (χ1n) is 14.3. The van der Waals surface area contributed by atoms with Crippen LogP contribution in [0.5, 0.6) is 0 Å². The predicted molar refractivity (Wildman–Crippen MR) is 168 cm³/mol. The van der Waals surface area contributed by atoms with Crippen molar-refractivity contribution in [1.82, 2.24) is 10.2 Å². The summed E-state index contributed by atoms with van der Waals surface area (Å²) in [6, 6.07) is 19.2. The van der Waals surface area contributed by atoms with E-state index in [0.717, 1.165) is 47.5 Å². The Morgan fingerprint density at radius 2 is 1.60 bits per heavy atom. The van der Waals surface area contributed by atoms with Gasteiger partial charge in [-0.3, -0.25) is 13.9 Å². The van der Waals surface area contributed by atoms with Gasteiger partial charge in [0.2, 0.25) is 11.8 Å². The van der Waals surface area contributed by atoms with Crippen molar-refractivity contribution in [2.45, 2.75) is 75.9 Å². The molecule has 1 N–H and O–H groups in total. The summed E-state index contributed by atoms with van der Waals surface area (Å²) in [5, 5.41) is 4.04. The van der Waals surface area contributed by atoms with Crippen molar-refractivity contribution in [1.29, 1.82) is 0 Å². The Hall–Kier alpha value is -3.07. The van der Waals surface area contributed by atoms with Crippen LogP contribution < -0.4 is 9.62 Å². The summed E-state index contributed by atoms with van der Waals surface area (Å²) in [6.45, 7) is 3.31. The number of carbonyl (C=O) groups is 2. The smallest absolute Gasteiger partial charge is 0.264 e. The molecule has 10 heteroatoms. The first-order chi connectivity index (χ1) is 20.1. The fraction of sp³-hybridized carbons (Fsp3) is 0.375. The molecule has 0 aliphatic heterocycles. The van der Waals surface area contributed by atoms with Gasteiger partial charge in [-0.2, -0.15) is 0 Å². The standard InChI is InChI=1S/C32H37Cl2N3O4S/c1-3-30(32(39)35-27-9-5-4-6-10-27)36(21-24-14-16-25(33)17-15-24)31(38)22-37(28-11-7-8-26(34)20-28)42(40,41)29-18-12-23(2)13-19-29/h7-8,11-20,27,30H,3-6,9-10,21-22H2,1-2H3,(H,35,39)/t30-/m0/s1. The fourth-order valence-electron chi connectivity index (χ4n) is 5.25. The quantitative estimate of drug-likeness (QED) is 0.254. The van der Waals surface area contributed by atoms with Gasteiger partial charge in [0.1, 0.15) is 12.6 Å². The number of nitrogens with one attached hydrogen (secondary N) is 1. The number of rotatable bonds is 11. The second-order valence-electron chi connectivity index (χ2n) is 10.7. The molecule has 2 amide bonds. The van der Waals surface area contributed by atoms with Gasteiger partial charge >= 0.3 is 0 Å². The van der Waals surface area contributed by atoms with Gasteiger partial charge in [-0.15, -0.1) is 0 Å². The molecule has 0 radical (unpaired) electrons. The zero-order valence-electron chi connectivity index (χ0n) is 23.9. The Morgan fingerprint density at radius 3 is 2.21 bits per heavy atom. The lowest BCUT2D eigenvalue weighted by molar-refractivity contribution is -0.140. The van der Waals surface area contributed by atoms with Gasteiger partial charge < -0.3 is 10.2 Å². The van der Waals surface area contributed by atoms with E-state index in [0.29, 0.717) is 16.5 Å². The van der Waals surface area contributed by atoms with E-state index in [1.165, 1.54) is 23.1 Å². The van der Waals surface area contributed by atoms with Crippen molar-refractivity contribution in [2.24, 2.45) is 0 Å². The molecule has 4 rings (SSSR count). The van der Waals surface area contributed by atoms with Crippen molar-refractivity contribution in [3.63, 3.8) is 0 Å². The number of benzene rings is 3. The van der Waals surface area contributed by atoms with Crippen LogP contribution in [0.3, 0.4) is 0 Å². The Labute approximate surface area is 258 Å². The molecule has 1 atom stereocenters. The molecule has 7 nitrogen and oxygen atoms in total. The summed E-state index contributed by atoms with van der Waals surface area (Å²) in [5.41, 5.74) is 1.93. The number of nitrogens with zero attached hydrogens (tertiary/aromatic N) is 2. The minimum Gasteiger partial charge on any atom is -0.352 e. The molecule has 0 heterocycles. The summed E-state index contributed by atoms with van der Waals surface area (Å²) < 4.78 is 29.0. The lowest BCUT2D eigenvalue weighted by Gasteiger charge is -2.34. The molecule has 0 saturated heterocycles. The number of anilines is 1. The SMILES string of the molecule is CC[C@@H](C(=O)NC1CCCCC1)N(Cc1ccc(Cl)cc1)C(=O)CN(c1cccc(Cl)c1)S(=O)(=O)c1ccc(C)cc1. The van der Waals surface area contributed by atoms with Gasteiger partial charge in [0.05, 0.1) is 10.6 Å². The van der Waals surface area contributed by atoms with Crippen molar-refractivity contribution < 1.29 is 18.0 Å². The zero-order valence-corrected chi connectivity index (χ0v) is 26.3. The van der Waals surface area contributed by atoms with Gasteiger partial charge in [0.25, 0.3) is 10.0 Å². The Bertz CT molecular complexity index is 1470. The van der Waals surface area contributed by atoms with E-state index in [1.807, 2.05) is 13.8 Å². The Morgan fingerprint density at radius 1 is 0.929 bits per heavy atom. The molecule has 1 fully saturated rings. The maximum atomic E-state index is 14.2. The lowest BCUT2D eigenvalue weighted by atomic mass is 9.95. The predicted octanol–water partition coefficient (Wildman–Crippen LogP) is 6.75. The topological polar surface area (TPSA) is 86.8 Å². The molecule has 1 saturated carbocycles. The molecular weight excluding hydrogens is 593 g/mol. The minimum absolute atomic E-state index is 0.0483. The Kier molecular flexibility index (Phi) is 10.9. The van der Waals surface area contributed by atoms with Gasteiger partial charge in [0.15, 0.2) is 0 Å². The normalized spacial score (nSPS) is 14.7. The van der Waals surface area contributed by atoms with Gasteiger partial charge in [-0.1, -0.05) is 85.3 Å². The van der Waals surface area contributed by atoms with E-state index in [-0.39, 0.29) is 29.1 Å². The molecule has 0 bridgehead atoms. The highest BCUT2D eigenvalue weighted by Gasteiger charge is 2.34. The summed E-state index contributed by atoms with van der Waals surface area (Å²) in [7, 11) is -4.16. The first-order valence-corrected chi connectivity index (χ1v) is 16.5. The number of aryl methyl sites for hydroxylation is 1. The van der Waals surface area contributed by atoms with Crippen molar-refractivity contribution in [2.75, 3.05) is 10.8 Å². The molecule has 42 heavy (non-hydrogen) atoms. The fourth-order valence-corrected chi connectivity index (χ4v) is 6.96. The van der Waals surface area contributed by atoms with Crippen LogP contribution in [-0.4, -0.2) is 43.8 Å². The molecule has 0 spiro atoms. The van der Waals surface area contributed by atoms with Crippen LogP contribution in [0.1, 0.15) is 56.6 Å². The average Bonchev–Trinajstić information content (AvgIpc) is 2.97.